The normalized spacial score (nSPS) is 12.8. The van der Waals surface area contributed by atoms with Crippen molar-refractivity contribution < 1.29 is 16.8 Å². The summed E-state index contributed by atoms with van der Waals surface area (Å²) in [6.45, 7) is -0.227. The SMILES string of the molecule is CN(C)S(=O)(=O)CCNS(=O)(=O)c1ccc(Br)cc1Cl. The van der Waals surface area contributed by atoms with E-state index in [4.69, 9.17) is 11.6 Å². The average molecular weight is 406 g/mol. The van der Waals surface area contributed by atoms with E-state index in [1.54, 1.807) is 0 Å². The van der Waals surface area contributed by atoms with Crippen LogP contribution in [0.2, 0.25) is 5.02 Å². The lowest BCUT2D eigenvalue weighted by Crippen LogP contribution is -2.34. The van der Waals surface area contributed by atoms with Crippen molar-refractivity contribution in [2.75, 3.05) is 26.4 Å². The first-order chi connectivity index (χ1) is 9.06. The summed E-state index contributed by atoms with van der Waals surface area (Å²) in [4.78, 5) is -0.0929. The number of sulfonamides is 2. The van der Waals surface area contributed by atoms with Gasteiger partial charge in [0.2, 0.25) is 20.0 Å². The zero-order chi connectivity index (χ0) is 15.6. The highest BCUT2D eigenvalue weighted by Gasteiger charge is 2.20. The second-order valence-corrected chi connectivity index (χ2v) is 9.43. The van der Waals surface area contributed by atoms with Gasteiger partial charge in [0.1, 0.15) is 4.90 Å². The molecule has 0 aromatic heterocycles. The Morgan fingerprint density at radius 3 is 2.35 bits per heavy atom. The van der Waals surface area contributed by atoms with Crippen molar-refractivity contribution in [3.63, 3.8) is 0 Å². The van der Waals surface area contributed by atoms with Gasteiger partial charge in [-0.05, 0) is 18.2 Å². The quantitative estimate of drug-likeness (QED) is 0.772. The zero-order valence-electron chi connectivity index (χ0n) is 10.8. The maximum atomic E-state index is 12.0. The van der Waals surface area contributed by atoms with Crippen molar-refractivity contribution in [1.82, 2.24) is 9.03 Å². The molecule has 20 heavy (non-hydrogen) atoms. The van der Waals surface area contributed by atoms with Crippen molar-refractivity contribution in [1.29, 1.82) is 0 Å². The number of nitrogens with zero attached hydrogens (tertiary/aromatic N) is 1. The topological polar surface area (TPSA) is 83.6 Å². The van der Waals surface area contributed by atoms with E-state index >= 15 is 0 Å². The minimum absolute atomic E-state index is 0.0577. The van der Waals surface area contributed by atoms with Crippen LogP contribution in [0, 0.1) is 0 Å². The van der Waals surface area contributed by atoms with Gasteiger partial charge in [-0.2, -0.15) is 0 Å². The molecule has 0 saturated heterocycles. The highest BCUT2D eigenvalue weighted by Crippen LogP contribution is 2.24. The van der Waals surface area contributed by atoms with Crippen molar-refractivity contribution >= 4 is 47.6 Å². The van der Waals surface area contributed by atoms with Crippen LogP contribution < -0.4 is 4.72 Å². The fraction of sp³-hybridized carbons (Fsp3) is 0.400. The molecule has 0 unspecified atom stereocenters. The van der Waals surface area contributed by atoms with Crippen LogP contribution in [0.4, 0.5) is 0 Å². The molecule has 1 aromatic carbocycles. The van der Waals surface area contributed by atoms with Crippen LogP contribution in [-0.2, 0) is 20.0 Å². The summed E-state index contributed by atoms with van der Waals surface area (Å²) in [5.41, 5.74) is 0. The third-order valence-corrected chi connectivity index (χ3v) is 6.66. The van der Waals surface area contributed by atoms with Crippen LogP contribution in [0.15, 0.2) is 27.6 Å². The molecular weight excluding hydrogens is 392 g/mol. The summed E-state index contributed by atoms with van der Waals surface area (Å²) < 4.78 is 50.9. The largest absolute Gasteiger partial charge is 0.242 e. The molecule has 0 saturated carbocycles. The predicted molar refractivity (Wildman–Crippen MR) is 81.8 cm³/mol. The smallest absolute Gasteiger partial charge is 0.212 e. The lowest BCUT2D eigenvalue weighted by molar-refractivity contribution is 0.519. The number of halogens is 2. The Labute approximate surface area is 132 Å². The minimum Gasteiger partial charge on any atom is -0.212 e. The van der Waals surface area contributed by atoms with Crippen molar-refractivity contribution in [2.24, 2.45) is 0 Å². The second-order valence-electron chi connectivity index (χ2n) is 4.07. The molecule has 114 valence electrons. The van der Waals surface area contributed by atoms with E-state index in [2.05, 4.69) is 20.7 Å². The monoisotopic (exact) mass is 404 g/mol. The van der Waals surface area contributed by atoms with E-state index in [9.17, 15) is 16.8 Å². The molecule has 0 heterocycles. The molecule has 1 N–H and O–H groups in total. The number of hydrogen-bond acceptors (Lipinski definition) is 4. The fourth-order valence-electron chi connectivity index (χ4n) is 1.26. The Morgan fingerprint density at radius 2 is 1.85 bits per heavy atom. The molecule has 10 heteroatoms. The van der Waals surface area contributed by atoms with Crippen LogP contribution in [0.25, 0.3) is 0 Å². The first-order valence-electron chi connectivity index (χ1n) is 5.41. The second kappa shape index (κ2) is 6.71. The lowest BCUT2D eigenvalue weighted by Gasteiger charge is -2.12. The van der Waals surface area contributed by atoms with E-state index in [0.29, 0.717) is 4.47 Å². The zero-order valence-corrected chi connectivity index (χ0v) is 14.8. The van der Waals surface area contributed by atoms with Crippen LogP contribution in [0.5, 0.6) is 0 Å². The van der Waals surface area contributed by atoms with E-state index in [1.807, 2.05) is 0 Å². The number of nitrogens with one attached hydrogen (secondary N) is 1. The molecule has 0 aliphatic heterocycles. The number of rotatable bonds is 6. The number of hydrogen-bond donors (Lipinski definition) is 1. The molecule has 0 aliphatic carbocycles. The summed E-state index contributed by atoms with van der Waals surface area (Å²) in [5.74, 6) is -0.326. The van der Waals surface area contributed by atoms with Gasteiger partial charge in [-0.1, -0.05) is 27.5 Å². The van der Waals surface area contributed by atoms with Crippen molar-refractivity contribution in [2.45, 2.75) is 4.90 Å². The van der Waals surface area contributed by atoms with Crippen molar-refractivity contribution in [3.05, 3.63) is 27.7 Å². The van der Waals surface area contributed by atoms with Gasteiger partial charge in [0.05, 0.1) is 10.8 Å². The van der Waals surface area contributed by atoms with E-state index < -0.39 is 20.0 Å². The van der Waals surface area contributed by atoms with Gasteiger partial charge in [-0.25, -0.2) is 25.9 Å². The molecule has 0 amide bonds. The van der Waals surface area contributed by atoms with E-state index in [0.717, 1.165) is 4.31 Å². The lowest BCUT2D eigenvalue weighted by atomic mass is 10.4. The Bertz CT molecular complexity index is 689. The van der Waals surface area contributed by atoms with Gasteiger partial charge >= 0.3 is 0 Å². The molecular formula is C10H14BrClN2O4S2. The first kappa shape index (κ1) is 17.9. The Hall–Kier alpha value is -0.190. The van der Waals surface area contributed by atoms with E-state index in [-0.39, 0.29) is 22.2 Å². The highest BCUT2D eigenvalue weighted by atomic mass is 79.9. The number of benzene rings is 1. The minimum atomic E-state index is -3.84. The third-order valence-electron chi connectivity index (χ3n) is 2.39. The molecule has 0 radical (unpaired) electrons. The molecule has 0 bridgehead atoms. The summed E-state index contributed by atoms with van der Waals surface area (Å²) >= 11 is 9.03. The van der Waals surface area contributed by atoms with Gasteiger partial charge in [0.15, 0.2) is 0 Å². The molecule has 6 nitrogen and oxygen atoms in total. The predicted octanol–water partition coefficient (Wildman–Crippen LogP) is 1.27. The highest BCUT2D eigenvalue weighted by molar-refractivity contribution is 9.10. The summed E-state index contributed by atoms with van der Waals surface area (Å²) in [6.07, 6.45) is 0. The molecule has 1 rings (SSSR count). The van der Waals surface area contributed by atoms with Gasteiger partial charge in [-0.15, -0.1) is 0 Å². The summed E-state index contributed by atoms with van der Waals surface area (Å²) in [5, 5.41) is 0.0577. The maximum Gasteiger partial charge on any atom is 0.242 e. The molecule has 0 atom stereocenters. The summed E-state index contributed by atoms with van der Waals surface area (Å²) in [7, 11) is -4.53. The van der Waals surface area contributed by atoms with Crippen LogP contribution >= 0.6 is 27.5 Å². The van der Waals surface area contributed by atoms with Gasteiger partial charge in [0, 0.05) is 25.1 Å². The van der Waals surface area contributed by atoms with E-state index in [1.165, 1.54) is 32.3 Å². The molecule has 0 spiro atoms. The molecule has 0 fully saturated rings. The Morgan fingerprint density at radius 1 is 1.25 bits per heavy atom. The maximum absolute atomic E-state index is 12.0. The first-order valence-corrected chi connectivity index (χ1v) is 9.67. The molecule has 0 aliphatic rings. The van der Waals surface area contributed by atoms with Gasteiger partial charge in [0.25, 0.3) is 0 Å². The Kier molecular flexibility index (Phi) is 6.00. The Balaban J connectivity index is 2.82. The van der Waals surface area contributed by atoms with Crippen molar-refractivity contribution in [3.8, 4) is 0 Å². The van der Waals surface area contributed by atoms with Gasteiger partial charge < -0.3 is 0 Å². The summed E-state index contributed by atoms with van der Waals surface area (Å²) in [6, 6.07) is 4.33. The third kappa shape index (κ3) is 4.68. The standard InChI is InChI=1S/C10H14BrClN2O4S2/c1-14(2)19(15,16)6-5-13-20(17,18)10-4-3-8(11)7-9(10)12/h3-4,7,13H,5-6H2,1-2H3. The van der Waals surface area contributed by atoms with Crippen LogP contribution in [0.3, 0.4) is 0 Å². The van der Waals surface area contributed by atoms with Crippen LogP contribution in [-0.4, -0.2) is 47.5 Å². The fourth-order valence-corrected chi connectivity index (χ4v) is 4.18. The molecule has 1 aromatic rings. The van der Waals surface area contributed by atoms with Gasteiger partial charge in [-0.3, -0.25) is 0 Å². The van der Waals surface area contributed by atoms with Crippen LogP contribution in [0.1, 0.15) is 0 Å². The average Bonchev–Trinajstić information content (AvgIpc) is 2.27.